The third kappa shape index (κ3) is 7.54. The monoisotopic (exact) mass is 457 g/mol. The summed E-state index contributed by atoms with van der Waals surface area (Å²) in [6.45, 7) is 2.68. The minimum absolute atomic E-state index is 0.0260. The van der Waals surface area contributed by atoms with Crippen molar-refractivity contribution < 1.29 is 28.5 Å². The Hall–Kier alpha value is -2.98. The second-order valence-electron chi connectivity index (χ2n) is 7.35. The number of carbonyl (C=O) groups excluding carboxylic acids is 2. The fraction of sp³-hybridized carbons (Fsp3) is 0.417. The summed E-state index contributed by atoms with van der Waals surface area (Å²) < 4.78 is 21.1. The molecule has 0 saturated heterocycles. The smallest absolute Gasteiger partial charge is 0.407 e. The van der Waals surface area contributed by atoms with Crippen molar-refractivity contribution in [2.75, 3.05) is 59.5 Å². The average Bonchev–Trinajstić information content (AvgIpc) is 3.16. The summed E-state index contributed by atoms with van der Waals surface area (Å²) in [5, 5.41) is 5.02. The number of hydrogen-bond acceptors (Lipinski definition) is 7. The first-order valence-electron chi connectivity index (χ1n) is 11.0. The Bertz CT molecular complexity index is 862. The molecule has 0 unspecified atom stereocenters. The highest BCUT2D eigenvalue weighted by Gasteiger charge is 2.28. The van der Waals surface area contributed by atoms with E-state index in [0.717, 1.165) is 22.3 Å². The summed E-state index contributed by atoms with van der Waals surface area (Å²) in [5.74, 6) is -0.403. The van der Waals surface area contributed by atoms with Crippen LogP contribution in [0.3, 0.4) is 0 Å². The number of amides is 2. The first kappa shape index (κ1) is 24.7. The Morgan fingerprint density at radius 2 is 1.36 bits per heavy atom. The van der Waals surface area contributed by atoms with E-state index in [4.69, 9.17) is 24.7 Å². The Morgan fingerprint density at radius 1 is 0.788 bits per heavy atom. The number of benzene rings is 2. The number of nitrogens with two attached hydrogens (primary N) is 1. The van der Waals surface area contributed by atoms with Gasteiger partial charge >= 0.3 is 6.09 Å². The minimum Gasteiger partial charge on any atom is -0.449 e. The van der Waals surface area contributed by atoms with Crippen molar-refractivity contribution in [2.24, 2.45) is 5.73 Å². The van der Waals surface area contributed by atoms with Crippen LogP contribution < -0.4 is 16.4 Å². The zero-order valence-corrected chi connectivity index (χ0v) is 18.6. The number of carbonyl (C=O) groups is 2. The fourth-order valence-electron chi connectivity index (χ4n) is 3.59. The lowest BCUT2D eigenvalue weighted by molar-refractivity contribution is -0.122. The van der Waals surface area contributed by atoms with E-state index < -0.39 is 6.09 Å². The molecule has 0 spiro atoms. The van der Waals surface area contributed by atoms with Crippen LogP contribution >= 0.6 is 0 Å². The summed E-state index contributed by atoms with van der Waals surface area (Å²) >= 11 is 0. The van der Waals surface area contributed by atoms with E-state index in [1.165, 1.54) is 0 Å². The topological polar surface area (TPSA) is 121 Å². The van der Waals surface area contributed by atoms with Crippen LogP contribution in [-0.4, -0.2) is 71.5 Å². The van der Waals surface area contributed by atoms with E-state index in [2.05, 4.69) is 34.9 Å². The van der Waals surface area contributed by atoms with Crippen molar-refractivity contribution in [3.05, 3.63) is 59.7 Å². The van der Waals surface area contributed by atoms with Crippen LogP contribution in [0, 0.1) is 0 Å². The Kier molecular flexibility index (Phi) is 10.1. The third-order valence-electron chi connectivity index (χ3n) is 5.11. The van der Waals surface area contributed by atoms with Crippen molar-refractivity contribution in [3.8, 4) is 11.1 Å². The highest BCUT2D eigenvalue weighted by molar-refractivity contribution is 5.82. The Balaban J connectivity index is 1.28. The minimum atomic E-state index is -0.641. The van der Waals surface area contributed by atoms with Crippen LogP contribution in [0.5, 0.6) is 0 Å². The third-order valence-corrected chi connectivity index (χ3v) is 5.11. The second-order valence-corrected chi connectivity index (χ2v) is 7.35. The molecule has 33 heavy (non-hydrogen) atoms. The SMILES string of the molecule is NCCOCCOCCOCNC(=O)CNC(=O)OCC1c2ccccc2-c2ccccc21. The van der Waals surface area contributed by atoms with Crippen molar-refractivity contribution in [1.29, 1.82) is 0 Å². The lowest BCUT2D eigenvalue weighted by atomic mass is 9.98. The quantitative estimate of drug-likeness (QED) is 0.291. The zero-order chi connectivity index (χ0) is 23.3. The molecule has 3 rings (SSSR count). The summed E-state index contributed by atoms with van der Waals surface area (Å²) in [4.78, 5) is 23.9. The molecule has 0 aliphatic heterocycles. The van der Waals surface area contributed by atoms with Gasteiger partial charge in [0.25, 0.3) is 0 Å². The van der Waals surface area contributed by atoms with Gasteiger partial charge in [0.05, 0.1) is 33.0 Å². The van der Waals surface area contributed by atoms with Crippen molar-refractivity contribution in [3.63, 3.8) is 0 Å². The summed E-state index contributed by atoms with van der Waals surface area (Å²) in [7, 11) is 0. The molecule has 1 aliphatic rings. The molecular formula is C24H31N3O6. The standard InChI is InChI=1S/C24H31N3O6/c25-9-10-30-11-12-31-13-14-32-17-27-23(28)15-26-24(29)33-16-22-20-7-3-1-5-18(20)19-6-2-4-8-21(19)22/h1-8,22H,9-17,25H2,(H,26,29)(H,27,28). The maximum absolute atomic E-state index is 12.1. The number of fused-ring (bicyclic) bond motifs is 3. The molecule has 0 fully saturated rings. The molecule has 0 bridgehead atoms. The van der Waals surface area contributed by atoms with E-state index in [1.807, 2.05) is 24.3 Å². The van der Waals surface area contributed by atoms with Gasteiger partial charge < -0.3 is 35.3 Å². The average molecular weight is 458 g/mol. The molecule has 0 radical (unpaired) electrons. The van der Waals surface area contributed by atoms with E-state index >= 15 is 0 Å². The summed E-state index contributed by atoms with van der Waals surface area (Å²) in [6.07, 6.45) is -0.641. The van der Waals surface area contributed by atoms with E-state index in [-0.39, 0.29) is 31.7 Å². The van der Waals surface area contributed by atoms with Gasteiger partial charge in [0, 0.05) is 12.5 Å². The molecule has 2 aromatic rings. The van der Waals surface area contributed by atoms with Crippen molar-refractivity contribution >= 4 is 12.0 Å². The predicted octanol–water partition coefficient (Wildman–Crippen LogP) is 1.61. The molecule has 9 heteroatoms. The number of rotatable bonds is 14. The molecule has 4 N–H and O–H groups in total. The molecule has 1 aliphatic carbocycles. The van der Waals surface area contributed by atoms with Gasteiger partial charge in [-0.2, -0.15) is 0 Å². The van der Waals surface area contributed by atoms with Gasteiger partial charge in [-0.15, -0.1) is 0 Å². The Labute approximate surface area is 193 Å². The van der Waals surface area contributed by atoms with Crippen LogP contribution in [0.4, 0.5) is 4.79 Å². The first-order chi connectivity index (χ1) is 16.2. The van der Waals surface area contributed by atoms with Gasteiger partial charge in [-0.1, -0.05) is 48.5 Å². The number of nitrogens with one attached hydrogen (secondary N) is 2. The predicted molar refractivity (Wildman–Crippen MR) is 123 cm³/mol. The number of hydrogen-bond donors (Lipinski definition) is 3. The highest BCUT2D eigenvalue weighted by atomic mass is 16.6. The van der Waals surface area contributed by atoms with Gasteiger partial charge in [0.1, 0.15) is 19.9 Å². The van der Waals surface area contributed by atoms with E-state index in [1.54, 1.807) is 0 Å². The van der Waals surface area contributed by atoms with Crippen molar-refractivity contribution in [1.82, 2.24) is 10.6 Å². The normalized spacial score (nSPS) is 12.2. The van der Waals surface area contributed by atoms with Crippen LogP contribution in [-0.2, 0) is 23.7 Å². The fourth-order valence-corrected chi connectivity index (χ4v) is 3.59. The van der Waals surface area contributed by atoms with Gasteiger partial charge in [-0.3, -0.25) is 4.79 Å². The van der Waals surface area contributed by atoms with Crippen molar-refractivity contribution in [2.45, 2.75) is 5.92 Å². The molecule has 2 aromatic carbocycles. The molecule has 0 aromatic heterocycles. The van der Waals surface area contributed by atoms with Gasteiger partial charge in [0.2, 0.25) is 5.91 Å². The Morgan fingerprint density at radius 3 is 2.00 bits per heavy atom. The molecule has 9 nitrogen and oxygen atoms in total. The molecule has 0 atom stereocenters. The molecule has 178 valence electrons. The van der Waals surface area contributed by atoms with E-state index in [0.29, 0.717) is 39.6 Å². The highest BCUT2D eigenvalue weighted by Crippen LogP contribution is 2.44. The summed E-state index contributed by atoms with van der Waals surface area (Å²) in [6, 6.07) is 16.2. The first-order valence-corrected chi connectivity index (χ1v) is 11.0. The largest absolute Gasteiger partial charge is 0.449 e. The maximum Gasteiger partial charge on any atom is 0.407 e. The number of ether oxygens (including phenoxy) is 4. The van der Waals surface area contributed by atoms with Crippen LogP contribution in [0.1, 0.15) is 17.0 Å². The van der Waals surface area contributed by atoms with Gasteiger partial charge in [0.15, 0.2) is 0 Å². The summed E-state index contributed by atoms with van der Waals surface area (Å²) in [5.41, 5.74) is 9.89. The molecule has 2 amide bonds. The molecule has 0 heterocycles. The maximum atomic E-state index is 12.1. The second kappa shape index (κ2) is 13.5. The van der Waals surface area contributed by atoms with Crippen LogP contribution in [0.2, 0.25) is 0 Å². The van der Waals surface area contributed by atoms with Crippen LogP contribution in [0.25, 0.3) is 11.1 Å². The van der Waals surface area contributed by atoms with E-state index in [9.17, 15) is 9.59 Å². The lowest BCUT2D eigenvalue weighted by Crippen LogP contribution is -2.38. The van der Waals surface area contributed by atoms with Crippen LogP contribution in [0.15, 0.2) is 48.5 Å². The molecule has 0 saturated carbocycles. The number of alkyl carbamates (subject to hydrolysis) is 1. The van der Waals surface area contributed by atoms with Gasteiger partial charge in [-0.05, 0) is 22.3 Å². The molecular weight excluding hydrogens is 426 g/mol. The lowest BCUT2D eigenvalue weighted by Gasteiger charge is -2.14. The zero-order valence-electron chi connectivity index (χ0n) is 18.6. The van der Waals surface area contributed by atoms with Gasteiger partial charge in [-0.25, -0.2) is 4.79 Å².